The van der Waals surface area contributed by atoms with E-state index in [1.807, 2.05) is 35.0 Å². The third-order valence-corrected chi connectivity index (χ3v) is 6.98. The van der Waals surface area contributed by atoms with Gasteiger partial charge in [0.05, 0.1) is 6.54 Å². The Labute approximate surface area is 173 Å². The number of benzene rings is 1. The Morgan fingerprint density at radius 3 is 2.59 bits per heavy atom. The van der Waals surface area contributed by atoms with E-state index in [-0.39, 0.29) is 29.4 Å². The largest absolute Gasteiger partial charge is 0.485 e. The van der Waals surface area contributed by atoms with Crippen LogP contribution in [0.2, 0.25) is 0 Å². The van der Waals surface area contributed by atoms with Crippen molar-refractivity contribution >= 4 is 11.8 Å². The lowest BCUT2D eigenvalue weighted by atomic mass is 9.80. The molecule has 0 N–H and O–H groups in total. The van der Waals surface area contributed by atoms with E-state index >= 15 is 0 Å². The number of rotatable bonds is 2. The zero-order valence-corrected chi connectivity index (χ0v) is 17.6. The van der Waals surface area contributed by atoms with Crippen LogP contribution >= 0.6 is 0 Å². The van der Waals surface area contributed by atoms with Gasteiger partial charge in [-0.1, -0.05) is 30.4 Å². The van der Waals surface area contributed by atoms with Crippen LogP contribution < -0.4 is 4.74 Å². The van der Waals surface area contributed by atoms with Gasteiger partial charge in [-0.3, -0.25) is 9.59 Å². The lowest BCUT2D eigenvalue weighted by Crippen LogP contribution is -2.53. The monoisotopic (exact) mass is 396 g/mol. The second-order valence-corrected chi connectivity index (χ2v) is 8.93. The molecule has 0 aromatic heterocycles. The first-order valence-corrected chi connectivity index (χ1v) is 10.9. The minimum Gasteiger partial charge on any atom is -0.485 e. The quantitative estimate of drug-likeness (QED) is 0.712. The minimum absolute atomic E-state index is 0.0856. The third-order valence-electron chi connectivity index (χ3n) is 6.98. The molecule has 29 heavy (non-hydrogen) atoms. The van der Waals surface area contributed by atoms with Crippen LogP contribution in [-0.4, -0.2) is 46.8 Å². The number of nitrogens with zero attached hydrogens (tertiary/aromatic N) is 2. The molecule has 0 radical (unpaired) electrons. The average molecular weight is 397 g/mol. The molecule has 0 unspecified atom stereocenters. The minimum atomic E-state index is -0.360. The third kappa shape index (κ3) is 4.19. The smallest absolute Gasteiger partial charge is 0.226 e. The summed E-state index contributed by atoms with van der Waals surface area (Å²) in [7, 11) is 1.89. The summed E-state index contributed by atoms with van der Waals surface area (Å²) in [5, 5.41) is 0. The van der Waals surface area contributed by atoms with Crippen molar-refractivity contribution in [2.75, 3.05) is 13.6 Å². The van der Waals surface area contributed by atoms with Crippen LogP contribution in [0.4, 0.5) is 0 Å². The van der Waals surface area contributed by atoms with Crippen LogP contribution in [0.5, 0.6) is 5.75 Å². The number of fused-ring (bicyclic) bond motifs is 1. The predicted molar refractivity (Wildman–Crippen MR) is 112 cm³/mol. The highest BCUT2D eigenvalue weighted by molar-refractivity contribution is 5.79. The van der Waals surface area contributed by atoms with Crippen molar-refractivity contribution in [2.45, 2.75) is 70.1 Å². The Morgan fingerprint density at radius 1 is 1.14 bits per heavy atom. The summed E-state index contributed by atoms with van der Waals surface area (Å²) in [5.74, 6) is 1.37. The number of allylic oxidation sites excluding steroid dienone is 2. The summed E-state index contributed by atoms with van der Waals surface area (Å²) in [6.45, 7) is 2.88. The zero-order chi connectivity index (χ0) is 20.4. The van der Waals surface area contributed by atoms with Crippen molar-refractivity contribution < 1.29 is 14.3 Å². The molecule has 1 aromatic rings. The van der Waals surface area contributed by atoms with Gasteiger partial charge in [0.25, 0.3) is 0 Å². The number of hydrogen-bond donors (Lipinski definition) is 0. The van der Waals surface area contributed by atoms with E-state index in [1.165, 1.54) is 0 Å². The van der Waals surface area contributed by atoms with Crippen LogP contribution in [0.25, 0.3) is 0 Å². The first-order chi connectivity index (χ1) is 14.0. The Balaban J connectivity index is 1.57. The fourth-order valence-corrected chi connectivity index (χ4v) is 5.07. The maximum Gasteiger partial charge on any atom is 0.226 e. The molecule has 1 spiro atoms. The first kappa shape index (κ1) is 20.0. The van der Waals surface area contributed by atoms with Gasteiger partial charge in [0.15, 0.2) is 0 Å². The van der Waals surface area contributed by atoms with Gasteiger partial charge in [-0.2, -0.15) is 0 Å². The van der Waals surface area contributed by atoms with E-state index < -0.39 is 0 Å². The van der Waals surface area contributed by atoms with Crippen molar-refractivity contribution in [1.29, 1.82) is 0 Å². The van der Waals surface area contributed by atoms with Crippen LogP contribution in [0, 0.1) is 5.92 Å². The van der Waals surface area contributed by atoms with Gasteiger partial charge in [0.2, 0.25) is 11.8 Å². The molecule has 1 fully saturated rings. The Kier molecular flexibility index (Phi) is 5.66. The summed E-state index contributed by atoms with van der Waals surface area (Å²) < 4.78 is 6.63. The molecular weight excluding hydrogens is 364 g/mol. The van der Waals surface area contributed by atoms with Crippen LogP contribution in [0.1, 0.15) is 57.4 Å². The average Bonchev–Trinajstić information content (AvgIpc) is 2.90. The van der Waals surface area contributed by atoms with Gasteiger partial charge in [-0.15, -0.1) is 0 Å². The first-order valence-electron chi connectivity index (χ1n) is 10.9. The molecule has 2 amide bonds. The summed E-state index contributed by atoms with van der Waals surface area (Å²) >= 11 is 0. The van der Waals surface area contributed by atoms with Crippen molar-refractivity contribution in [3.05, 3.63) is 42.0 Å². The van der Waals surface area contributed by atoms with Gasteiger partial charge in [0.1, 0.15) is 11.4 Å². The lowest BCUT2D eigenvalue weighted by molar-refractivity contribution is -0.140. The molecule has 3 aliphatic rings. The highest BCUT2D eigenvalue weighted by Gasteiger charge is 2.43. The normalized spacial score (nSPS) is 29.0. The summed E-state index contributed by atoms with van der Waals surface area (Å²) in [6.07, 6.45) is 10.6. The second kappa shape index (κ2) is 8.21. The van der Waals surface area contributed by atoms with E-state index in [0.29, 0.717) is 13.1 Å². The summed E-state index contributed by atoms with van der Waals surface area (Å²) in [5.41, 5.74) is 0.730. The van der Waals surface area contributed by atoms with E-state index in [9.17, 15) is 9.59 Å². The van der Waals surface area contributed by atoms with Gasteiger partial charge in [-0.25, -0.2) is 0 Å². The maximum atomic E-state index is 13.4. The standard InChI is InChI=1S/C24H32N2O3/c1-18(27)25(2)21-12-14-24(15-13-21)17-26(23(28)19-8-4-3-5-9-19)16-20-10-6-7-11-22(20)29-24/h3-4,6-7,10-11,19,21H,5,8-9,12-17H2,1-2H3/t19-,21?,24?/m0/s1. The predicted octanol–water partition coefficient (Wildman–Crippen LogP) is 3.92. The molecule has 156 valence electrons. The molecule has 1 aliphatic heterocycles. The molecule has 1 heterocycles. The Morgan fingerprint density at radius 2 is 1.90 bits per heavy atom. The molecule has 4 rings (SSSR count). The molecule has 0 bridgehead atoms. The van der Waals surface area contributed by atoms with Crippen LogP contribution in [0.3, 0.4) is 0 Å². The van der Waals surface area contributed by atoms with Crippen LogP contribution in [-0.2, 0) is 16.1 Å². The Hall–Kier alpha value is -2.30. The summed E-state index contributed by atoms with van der Waals surface area (Å²) in [4.78, 5) is 29.1. The lowest BCUT2D eigenvalue weighted by Gasteiger charge is -2.43. The second-order valence-electron chi connectivity index (χ2n) is 8.93. The highest BCUT2D eigenvalue weighted by atomic mass is 16.5. The molecule has 1 atom stereocenters. The van der Waals surface area contributed by atoms with Gasteiger partial charge in [0, 0.05) is 38.0 Å². The molecular formula is C24H32N2O3. The number of carbonyl (C=O) groups is 2. The maximum absolute atomic E-state index is 13.4. The van der Waals surface area contributed by atoms with Crippen molar-refractivity contribution in [2.24, 2.45) is 5.92 Å². The topological polar surface area (TPSA) is 49.9 Å². The molecule has 0 saturated heterocycles. The van der Waals surface area contributed by atoms with Crippen molar-refractivity contribution in [1.82, 2.24) is 9.80 Å². The number of carbonyl (C=O) groups excluding carboxylic acids is 2. The number of ether oxygens (including phenoxy) is 1. The molecule has 1 aromatic carbocycles. The van der Waals surface area contributed by atoms with Crippen molar-refractivity contribution in [3.63, 3.8) is 0 Å². The fourth-order valence-electron chi connectivity index (χ4n) is 5.07. The Bertz CT molecular complexity index is 795. The van der Waals surface area contributed by atoms with Crippen LogP contribution in [0.15, 0.2) is 36.4 Å². The summed E-state index contributed by atoms with van der Waals surface area (Å²) in [6, 6.07) is 8.39. The van der Waals surface area contributed by atoms with E-state index in [0.717, 1.165) is 56.3 Å². The zero-order valence-electron chi connectivity index (χ0n) is 17.6. The van der Waals surface area contributed by atoms with Gasteiger partial charge in [-0.05, 0) is 51.0 Å². The van der Waals surface area contributed by atoms with Crippen molar-refractivity contribution in [3.8, 4) is 5.75 Å². The molecule has 5 nitrogen and oxygen atoms in total. The fraction of sp³-hybridized carbons (Fsp3) is 0.583. The highest BCUT2D eigenvalue weighted by Crippen LogP contribution is 2.40. The molecule has 1 saturated carbocycles. The number of hydrogen-bond acceptors (Lipinski definition) is 3. The van der Waals surface area contributed by atoms with Gasteiger partial charge < -0.3 is 14.5 Å². The SMILES string of the molecule is CC(=O)N(C)C1CCC2(CC1)CN(C(=O)[C@H]1CC=CCC1)Cc1ccccc1O2. The molecule has 2 aliphatic carbocycles. The van der Waals surface area contributed by atoms with E-state index in [2.05, 4.69) is 18.2 Å². The van der Waals surface area contributed by atoms with Gasteiger partial charge >= 0.3 is 0 Å². The molecule has 5 heteroatoms. The van der Waals surface area contributed by atoms with E-state index in [4.69, 9.17) is 4.74 Å². The number of para-hydroxylation sites is 1. The van der Waals surface area contributed by atoms with E-state index in [1.54, 1.807) is 6.92 Å². The number of amides is 2.